The molecule has 3 N–H and O–H groups in total. The van der Waals surface area contributed by atoms with Crippen LogP contribution in [0.3, 0.4) is 0 Å². The van der Waals surface area contributed by atoms with Gasteiger partial charge in [0.1, 0.15) is 5.82 Å². The highest BCUT2D eigenvalue weighted by molar-refractivity contribution is 9.10. The number of hydrogen-bond acceptors (Lipinski definition) is 3. The molecular formula is C13H13BrFN3. The minimum absolute atomic E-state index is 0.329. The third-order valence-electron chi connectivity index (χ3n) is 2.52. The van der Waals surface area contributed by atoms with Crippen molar-refractivity contribution < 1.29 is 4.39 Å². The molecule has 0 atom stereocenters. The Morgan fingerprint density at radius 2 is 2.17 bits per heavy atom. The van der Waals surface area contributed by atoms with Gasteiger partial charge in [-0.15, -0.1) is 0 Å². The largest absolute Gasteiger partial charge is 0.397 e. The molecule has 0 bridgehead atoms. The van der Waals surface area contributed by atoms with Crippen LogP contribution in [0, 0.1) is 5.82 Å². The van der Waals surface area contributed by atoms with E-state index in [1.807, 2.05) is 18.2 Å². The van der Waals surface area contributed by atoms with Crippen molar-refractivity contribution in [2.24, 2.45) is 0 Å². The van der Waals surface area contributed by atoms with Crippen LogP contribution in [0.15, 0.2) is 41.0 Å². The van der Waals surface area contributed by atoms with Gasteiger partial charge in [-0.2, -0.15) is 0 Å². The summed E-state index contributed by atoms with van der Waals surface area (Å²) >= 11 is 3.09. The van der Waals surface area contributed by atoms with Gasteiger partial charge in [-0.25, -0.2) is 4.39 Å². The minimum Gasteiger partial charge on any atom is -0.397 e. The Morgan fingerprint density at radius 3 is 2.89 bits per heavy atom. The Balaban J connectivity index is 1.97. The fourth-order valence-electron chi connectivity index (χ4n) is 1.59. The van der Waals surface area contributed by atoms with Crippen LogP contribution in [-0.2, 0) is 6.42 Å². The van der Waals surface area contributed by atoms with Crippen molar-refractivity contribution in [1.29, 1.82) is 0 Å². The van der Waals surface area contributed by atoms with Gasteiger partial charge in [-0.05, 0) is 34.1 Å². The Labute approximate surface area is 113 Å². The zero-order valence-electron chi connectivity index (χ0n) is 9.66. The number of nitrogens with two attached hydrogens (primary N) is 1. The van der Waals surface area contributed by atoms with Crippen molar-refractivity contribution in [3.63, 3.8) is 0 Å². The Morgan fingerprint density at radius 1 is 1.33 bits per heavy atom. The molecule has 5 heteroatoms. The fourth-order valence-corrected chi connectivity index (χ4v) is 1.95. The van der Waals surface area contributed by atoms with Crippen molar-refractivity contribution >= 4 is 27.3 Å². The van der Waals surface area contributed by atoms with Gasteiger partial charge in [-0.1, -0.05) is 6.07 Å². The summed E-state index contributed by atoms with van der Waals surface area (Å²) in [4.78, 5) is 4.21. The molecule has 0 fully saturated rings. The second-order valence-corrected chi connectivity index (χ2v) is 4.71. The number of nitrogen functional groups attached to an aromatic ring is 1. The van der Waals surface area contributed by atoms with Crippen molar-refractivity contribution in [3.8, 4) is 0 Å². The standard InChI is InChI=1S/C13H13BrFN3/c14-10-7-12(16)13(8-11(10)15)18-6-4-9-3-1-2-5-17-9/h1-3,5,7-8,18H,4,6,16H2. The quantitative estimate of drug-likeness (QED) is 0.853. The van der Waals surface area contributed by atoms with Crippen LogP contribution >= 0.6 is 15.9 Å². The Kier molecular flexibility index (Phi) is 4.15. The predicted molar refractivity (Wildman–Crippen MR) is 74.9 cm³/mol. The average Bonchev–Trinajstić information content (AvgIpc) is 2.37. The van der Waals surface area contributed by atoms with Crippen LogP contribution in [0.2, 0.25) is 0 Å². The first-order chi connectivity index (χ1) is 8.66. The van der Waals surface area contributed by atoms with Crippen LogP contribution in [-0.4, -0.2) is 11.5 Å². The summed E-state index contributed by atoms with van der Waals surface area (Å²) in [5.41, 5.74) is 7.90. The van der Waals surface area contributed by atoms with Gasteiger partial charge < -0.3 is 11.1 Å². The van der Waals surface area contributed by atoms with E-state index in [0.717, 1.165) is 12.1 Å². The zero-order chi connectivity index (χ0) is 13.0. The molecule has 0 aliphatic heterocycles. The summed E-state index contributed by atoms with van der Waals surface area (Å²) in [6, 6.07) is 8.71. The van der Waals surface area contributed by atoms with E-state index in [-0.39, 0.29) is 5.82 Å². The van der Waals surface area contributed by atoms with Crippen molar-refractivity contribution in [2.75, 3.05) is 17.6 Å². The van der Waals surface area contributed by atoms with Crippen LogP contribution in [0.4, 0.5) is 15.8 Å². The van der Waals surface area contributed by atoms with E-state index in [1.54, 1.807) is 12.3 Å². The van der Waals surface area contributed by atoms with E-state index in [1.165, 1.54) is 6.07 Å². The maximum atomic E-state index is 13.4. The van der Waals surface area contributed by atoms with Crippen LogP contribution < -0.4 is 11.1 Å². The molecule has 2 rings (SSSR count). The maximum Gasteiger partial charge on any atom is 0.139 e. The average molecular weight is 310 g/mol. The van der Waals surface area contributed by atoms with Crippen molar-refractivity contribution in [3.05, 3.63) is 52.5 Å². The molecule has 2 aromatic rings. The summed E-state index contributed by atoms with van der Waals surface area (Å²) in [6.07, 6.45) is 2.51. The first kappa shape index (κ1) is 12.8. The predicted octanol–water partition coefficient (Wildman–Crippen LogP) is 3.22. The van der Waals surface area contributed by atoms with Crippen LogP contribution in [0.5, 0.6) is 0 Å². The zero-order valence-corrected chi connectivity index (χ0v) is 11.2. The molecule has 0 aliphatic carbocycles. The highest BCUT2D eigenvalue weighted by Gasteiger charge is 2.05. The van der Waals surface area contributed by atoms with E-state index < -0.39 is 0 Å². The van der Waals surface area contributed by atoms with E-state index in [0.29, 0.717) is 22.4 Å². The van der Waals surface area contributed by atoms with Gasteiger partial charge in [0.25, 0.3) is 0 Å². The Bertz CT molecular complexity index is 531. The lowest BCUT2D eigenvalue weighted by molar-refractivity contribution is 0.622. The third kappa shape index (κ3) is 3.20. The smallest absolute Gasteiger partial charge is 0.139 e. The molecule has 0 unspecified atom stereocenters. The molecular weight excluding hydrogens is 297 g/mol. The van der Waals surface area contributed by atoms with E-state index in [4.69, 9.17) is 5.73 Å². The summed E-state index contributed by atoms with van der Waals surface area (Å²) < 4.78 is 13.7. The molecule has 1 aromatic carbocycles. The topological polar surface area (TPSA) is 50.9 Å². The first-order valence-electron chi connectivity index (χ1n) is 5.55. The molecule has 1 aromatic heterocycles. The lowest BCUT2D eigenvalue weighted by atomic mass is 10.2. The monoisotopic (exact) mass is 309 g/mol. The van der Waals surface area contributed by atoms with E-state index in [2.05, 4.69) is 26.2 Å². The number of benzene rings is 1. The van der Waals surface area contributed by atoms with Gasteiger partial charge in [0, 0.05) is 30.9 Å². The second-order valence-electron chi connectivity index (χ2n) is 3.85. The molecule has 94 valence electrons. The first-order valence-corrected chi connectivity index (χ1v) is 6.34. The molecule has 3 nitrogen and oxygen atoms in total. The van der Waals surface area contributed by atoms with Gasteiger partial charge in [-0.3, -0.25) is 4.98 Å². The fraction of sp³-hybridized carbons (Fsp3) is 0.154. The SMILES string of the molecule is Nc1cc(Br)c(F)cc1NCCc1ccccn1. The molecule has 0 saturated heterocycles. The number of pyridine rings is 1. The van der Waals surface area contributed by atoms with E-state index in [9.17, 15) is 4.39 Å². The minimum atomic E-state index is -0.329. The van der Waals surface area contributed by atoms with Gasteiger partial charge >= 0.3 is 0 Å². The van der Waals surface area contributed by atoms with Crippen molar-refractivity contribution in [2.45, 2.75) is 6.42 Å². The van der Waals surface area contributed by atoms with E-state index >= 15 is 0 Å². The normalized spacial score (nSPS) is 10.3. The van der Waals surface area contributed by atoms with Gasteiger partial charge in [0.15, 0.2) is 0 Å². The molecule has 1 heterocycles. The number of nitrogens with one attached hydrogen (secondary N) is 1. The van der Waals surface area contributed by atoms with Crippen LogP contribution in [0.1, 0.15) is 5.69 Å². The lowest BCUT2D eigenvalue weighted by Crippen LogP contribution is -2.08. The summed E-state index contributed by atoms with van der Waals surface area (Å²) in [5, 5.41) is 3.10. The van der Waals surface area contributed by atoms with Crippen LogP contribution in [0.25, 0.3) is 0 Å². The molecule has 0 saturated carbocycles. The molecule has 18 heavy (non-hydrogen) atoms. The number of hydrogen-bond donors (Lipinski definition) is 2. The molecule has 0 spiro atoms. The number of aromatic nitrogens is 1. The number of nitrogens with zero attached hydrogens (tertiary/aromatic N) is 1. The summed E-state index contributed by atoms with van der Waals surface area (Å²) in [5.74, 6) is -0.329. The molecule has 0 amide bonds. The lowest BCUT2D eigenvalue weighted by Gasteiger charge is -2.10. The summed E-state index contributed by atoms with van der Waals surface area (Å²) in [7, 11) is 0. The van der Waals surface area contributed by atoms with Crippen molar-refractivity contribution in [1.82, 2.24) is 4.98 Å². The van der Waals surface area contributed by atoms with Gasteiger partial charge in [0.05, 0.1) is 15.8 Å². The second kappa shape index (κ2) is 5.82. The highest BCUT2D eigenvalue weighted by atomic mass is 79.9. The number of halogens is 2. The highest BCUT2D eigenvalue weighted by Crippen LogP contribution is 2.26. The van der Waals surface area contributed by atoms with Gasteiger partial charge in [0.2, 0.25) is 0 Å². The third-order valence-corrected chi connectivity index (χ3v) is 3.12. The maximum absolute atomic E-state index is 13.4. The summed E-state index contributed by atoms with van der Waals surface area (Å²) in [6.45, 7) is 0.655. The number of rotatable bonds is 4. The number of anilines is 2. The molecule has 0 aliphatic rings. The Hall–Kier alpha value is -1.62. The molecule has 0 radical (unpaired) electrons.